The fourth-order valence-electron chi connectivity index (χ4n) is 5.38. The Labute approximate surface area is 166 Å². The Hall–Kier alpha value is -2.42. The Morgan fingerprint density at radius 1 is 1.07 bits per heavy atom. The van der Waals surface area contributed by atoms with E-state index < -0.39 is 0 Å². The molecular formula is C25H28O3. The van der Waals surface area contributed by atoms with Crippen molar-refractivity contribution in [3.05, 3.63) is 48.0 Å². The minimum Gasteiger partial charge on any atom is -0.496 e. The fourth-order valence-corrected chi connectivity index (χ4v) is 5.38. The molecule has 3 nitrogen and oxygen atoms in total. The minimum absolute atomic E-state index is 0.171. The van der Waals surface area contributed by atoms with E-state index in [9.17, 15) is 0 Å². The topological polar surface area (TPSA) is 31.6 Å². The van der Waals surface area contributed by atoms with Gasteiger partial charge in [0.2, 0.25) is 0 Å². The average Bonchev–Trinajstić information content (AvgIpc) is 3.10. The lowest BCUT2D eigenvalue weighted by Gasteiger charge is -2.49. The van der Waals surface area contributed by atoms with Crippen molar-refractivity contribution in [3.63, 3.8) is 0 Å². The Morgan fingerprint density at radius 2 is 1.89 bits per heavy atom. The highest BCUT2D eigenvalue weighted by atomic mass is 16.5. The van der Waals surface area contributed by atoms with Gasteiger partial charge in [-0.15, -0.1) is 0 Å². The zero-order valence-corrected chi connectivity index (χ0v) is 17.1. The molecule has 0 N–H and O–H groups in total. The molecule has 1 aromatic heterocycles. The van der Waals surface area contributed by atoms with Crippen LogP contribution in [0, 0.1) is 11.8 Å². The number of hydrogen-bond donors (Lipinski definition) is 0. The van der Waals surface area contributed by atoms with Gasteiger partial charge in [0.1, 0.15) is 28.4 Å². The molecule has 3 aromatic rings. The van der Waals surface area contributed by atoms with E-state index in [1.54, 1.807) is 7.11 Å². The smallest absolute Gasteiger partial charge is 0.135 e. The third kappa shape index (κ3) is 2.71. The molecule has 0 unspecified atom stereocenters. The highest BCUT2D eigenvalue weighted by molar-refractivity contribution is 5.83. The lowest BCUT2D eigenvalue weighted by molar-refractivity contribution is -0.0144. The van der Waals surface area contributed by atoms with Crippen LogP contribution in [0.15, 0.2) is 46.9 Å². The first kappa shape index (κ1) is 17.7. The monoisotopic (exact) mass is 376 g/mol. The number of methoxy groups -OCH3 is 1. The molecule has 1 aliphatic carbocycles. The summed E-state index contributed by atoms with van der Waals surface area (Å²) in [5.41, 5.74) is 2.98. The molecule has 0 bridgehead atoms. The average molecular weight is 376 g/mol. The zero-order valence-electron chi connectivity index (χ0n) is 17.1. The van der Waals surface area contributed by atoms with E-state index in [1.165, 1.54) is 24.8 Å². The van der Waals surface area contributed by atoms with E-state index >= 15 is 0 Å². The van der Waals surface area contributed by atoms with Crippen LogP contribution in [0.4, 0.5) is 0 Å². The number of rotatable bonds is 2. The third-order valence-electron chi connectivity index (χ3n) is 6.78. The number of fused-ring (bicyclic) bond motifs is 4. The molecule has 2 aliphatic rings. The lowest BCUT2D eigenvalue weighted by Crippen LogP contribution is -2.46. The van der Waals surface area contributed by atoms with Crippen LogP contribution < -0.4 is 9.47 Å². The summed E-state index contributed by atoms with van der Waals surface area (Å²) < 4.78 is 18.6. The summed E-state index contributed by atoms with van der Waals surface area (Å²) >= 11 is 0. The van der Waals surface area contributed by atoms with E-state index in [0.29, 0.717) is 11.8 Å². The molecule has 0 amide bonds. The second-order valence-electron chi connectivity index (χ2n) is 9.08. The molecule has 0 radical (unpaired) electrons. The van der Waals surface area contributed by atoms with Crippen molar-refractivity contribution in [1.82, 2.24) is 0 Å². The Balaban J connectivity index is 1.66. The van der Waals surface area contributed by atoms with Gasteiger partial charge in [0.05, 0.1) is 7.11 Å². The molecule has 2 heterocycles. The minimum atomic E-state index is -0.171. The number of benzene rings is 2. The highest BCUT2D eigenvalue weighted by Crippen LogP contribution is 2.56. The summed E-state index contributed by atoms with van der Waals surface area (Å²) in [4.78, 5) is 0. The van der Waals surface area contributed by atoms with Crippen molar-refractivity contribution in [3.8, 4) is 22.8 Å². The van der Waals surface area contributed by atoms with Gasteiger partial charge in [-0.05, 0) is 62.8 Å². The molecule has 0 spiro atoms. The lowest BCUT2D eigenvalue weighted by atomic mass is 9.64. The van der Waals surface area contributed by atoms with Gasteiger partial charge in [-0.25, -0.2) is 0 Å². The van der Waals surface area contributed by atoms with Gasteiger partial charge < -0.3 is 13.9 Å². The van der Waals surface area contributed by atoms with Crippen molar-refractivity contribution in [2.75, 3.05) is 7.11 Å². The van der Waals surface area contributed by atoms with Gasteiger partial charge in [-0.1, -0.05) is 31.5 Å². The molecule has 5 rings (SSSR count). The summed E-state index contributed by atoms with van der Waals surface area (Å²) in [6.07, 6.45) is 3.69. The largest absolute Gasteiger partial charge is 0.496 e. The zero-order chi connectivity index (χ0) is 19.5. The molecule has 28 heavy (non-hydrogen) atoms. The maximum absolute atomic E-state index is 6.58. The van der Waals surface area contributed by atoms with Crippen LogP contribution in [0.25, 0.3) is 22.3 Å². The predicted octanol–water partition coefficient (Wildman–Crippen LogP) is 6.80. The summed E-state index contributed by atoms with van der Waals surface area (Å²) in [6.45, 7) is 6.85. The second kappa shape index (κ2) is 6.30. The van der Waals surface area contributed by atoms with Gasteiger partial charge in [0.25, 0.3) is 0 Å². The second-order valence-corrected chi connectivity index (χ2v) is 9.08. The molecule has 146 valence electrons. The summed E-state index contributed by atoms with van der Waals surface area (Å²) in [6, 6.07) is 14.5. The van der Waals surface area contributed by atoms with E-state index in [-0.39, 0.29) is 5.60 Å². The van der Waals surface area contributed by atoms with Crippen LogP contribution in [0.3, 0.4) is 0 Å². The summed E-state index contributed by atoms with van der Waals surface area (Å²) in [5, 5.41) is 1.11. The molecule has 2 aromatic carbocycles. The van der Waals surface area contributed by atoms with Crippen LogP contribution in [-0.4, -0.2) is 12.7 Å². The first-order valence-corrected chi connectivity index (χ1v) is 10.4. The number of furan rings is 1. The van der Waals surface area contributed by atoms with Crippen molar-refractivity contribution < 1.29 is 13.9 Å². The van der Waals surface area contributed by atoms with Crippen molar-refractivity contribution >= 4 is 11.0 Å². The number of para-hydroxylation sites is 1. The van der Waals surface area contributed by atoms with Crippen molar-refractivity contribution in [1.29, 1.82) is 0 Å². The first-order valence-electron chi connectivity index (χ1n) is 10.4. The predicted molar refractivity (Wildman–Crippen MR) is 112 cm³/mol. The fraction of sp³-hybridized carbons (Fsp3) is 0.440. The molecule has 3 atom stereocenters. The Morgan fingerprint density at radius 3 is 2.68 bits per heavy atom. The normalized spacial score (nSPS) is 25.6. The van der Waals surface area contributed by atoms with Crippen LogP contribution in [0.2, 0.25) is 0 Å². The third-order valence-corrected chi connectivity index (χ3v) is 6.78. The Kier molecular flexibility index (Phi) is 3.97. The SMILES string of the molecule is COc1cc(-c2cc3ccccc3o2)cc2c1[C@H]1C[C@@H](C)CC[C@@H]1C(C)(C)O2. The van der Waals surface area contributed by atoms with Gasteiger partial charge in [0, 0.05) is 22.4 Å². The van der Waals surface area contributed by atoms with E-state index in [4.69, 9.17) is 13.9 Å². The number of hydrogen-bond acceptors (Lipinski definition) is 3. The standard InChI is InChI=1S/C25H28O3/c1-15-9-10-19-18(11-15)24-22(26-4)13-17(14-23(24)28-25(19,2)3)21-12-16-7-5-6-8-20(16)27-21/h5-8,12-15,18-19H,9-11H2,1-4H3/t15-,18-,19-/m0/s1. The van der Waals surface area contributed by atoms with Crippen LogP contribution in [0.1, 0.15) is 51.5 Å². The van der Waals surface area contributed by atoms with Gasteiger partial charge in [-0.2, -0.15) is 0 Å². The molecule has 0 saturated heterocycles. The molecule has 1 saturated carbocycles. The number of ether oxygens (including phenoxy) is 2. The molecule has 1 aliphatic heterocycles. The van der Waals surface area contributed by atoms with Gasteiger partial charge in [0.15, 0.2) is 0 Å². The van der Waals surface area contributed by atoms with Crippen LogP contribution in [-0.2, 0) is 0 Å². The van der Waals surface area contributed by atoms with Crippen LogP contribution >= 0.6 is 0 Å². The van der Waals surface area contributed by atoms with E-state index in [2.05, 4.69) is 45.0 Å². The maximum Gasteiger partial charge on any atom is 0.135 e. The molecular weight excluding hydrogens is 348 g/mol. The van der Waals surface area contributed by atoms with E-state index in [0.717, 1.165) is 39.7 Å². The van der Waals surface area contributed by atoms with Crippen molar-refractivity contribution in [2.24, 2.45) is 11.8 Å². The van der Waals surface area contributed by atoms with Crippen molar-refractivity contribution in [2.45, 2.75) is 51.6 Å². The summed E-state index contributed by atoms with van der Waals surface area (Å²) in [5.74, 6) is 4.48. The summed E-state index contributed by atoms with van der Waals surface area (Å²) in [7, 11) is 1.76. The molecule has 3 heteroatoms. The quantitative estimate of drug-likeness (QED) is 0.493. The first-order chi connectivity index (χ1) is 13.5. The Bertz CT molecular complexity index is 996. The van der Waals surface area contributed by atoms with Gasteiger partial charge >= 0.3 is 0 Å². The van der Waals surface area contributed by atoms with Crippen LogP contribution in [0.5, 0.6) is 11.5 Å². The maximum atomic E-state index is 6.58. The van der Waals surface area contributed by atoms with E-state index in [1.807, 2.05) is 18.2 Å². The highest BCUT2D eigenvalue weighted by Gasteiger charge is 2.47. The van der Waals surface area contributed by atoms with Gasteiger partial charge in [-0.3, -0.25) is 0 Å². The molecule has 1 fully saturated rings.